The van der Waals surface area contributed by atoms with Crippen LogP contribution in [0.5, 0.6) is 0 Å². The van der Waals surface area contributed by atoms with Crippen molar-refractivity contribution in [1.82, 2.24) is 14.7 Å². The normalized spacial score (nSPS) is 11.7. The molecule has 4 aromatic rings. The summed E-state index contributed by atoms with van der Waals surface area (Å²) in [7, 11) is 1.65. The lowest BCUT2D eigenvalue weighted by atomic mass is 10.2. The summed E-state index contributed by atoms with van der Waals surface area (Å²) >= 11 is 0. The molecule has 0 aliphatic rings. The van der Waals surface area contributed by atoms with Gasteiger partial charge in [-0.2, -0.15) is 4.98 Å². The third-order valence-corrected chi connectivity index (χ3v) is 3.43. The van der Waals surface area contributed by atoms with Gasteiger partial charge in [0.2, 0.25) is 5.82 Å². The molecule has 0 bridgehead atoms. The van der Waals surface area contributed by atoms with Gasteiger partial charge in [-0.05, 0) is 36.4 Å². The molecule has 1 aromatic carbocycles. The Balaban J connectivity index is 1.67. The molecule has 23 heavy (non-hydrogen) atoms. The molecule has 0 atom stereocenters. The molecule has 3 heterocycles. The molecule has 0 aliphatic carbocycles. The molecule has 7 nitrogen and oxygen atoms in total. The Bertz CT molecular complexity index is 1050. The molecule has 0 saturated heterocycles. The molecule has 0 aliphatic heterocycles. The summed E-state index contributed by atoms with van der Waals surface area (Å²) in [6.45, 7) is 0. The first-order valence-electron chi connectivity index (χ1n) is 6.86. The number of aryl methyl sites for hydroxylation is 1. The quantitative estimate of drug-likeness (QED) is 0.578. The van der Waals surface area contributed by atoms with Gasteiger partial charge < -0.3 is 13.4 Å². The highest BCUT2D eigenvalue weighted by Crippen LogP contribution is 2.22. The van der Waals surface area contributed by atoms with Gasteiger partial charge >= 0.3 is 5.76 Å². The van der Waals surface area contributed by atoms with Crippen LogP contribution in [0.15, 0.2) is 54.7 Å². The van der Waals surface area contributed by atoms with Crippen LogP contribution in [0.4, 0.5) is 0 Å². The van der Waals surface area contributed by atoms with E-state index in [2.05, 4.69) is 10.1 Å². The van der Waals surface area contributed by atoms with Crippen LogP contribution in [0.2, 0.25) is 0 Å². The number of hydrogen-bond acceptors (Lipinski definition) is 6. The van der Waals surface area contributed by atoms with E-state index in [1.165, 1.54) is 4.57 Å². The minimum absolute atomic E-state index is 0.353. The van der Waals surface area contributed by atoms with Gasteiger partial charge in [-0.3, -0.25) is 4.57 Å². The van der Waals surface area contributed by atoms with Crippen LogP contribution in [0, 0.1) is 0 Å². The predicted octanol–water partition coefficient (Wildman–Crippen LogP) is 2.94. The van der Waals surface area contributed by atoms with E-state index in [9.17, 15) is 4.79 Å². The standard InChI is InChI=1S/C16H11N3O4/c1-19-12-6-4-10(9-13(12)22-16(19)20)15-17-14(23-18-15)7-5-11-3-2-8-21-11/h2-9H,1H3/b7-5+. The monoisotopic (exact) mass is 309 g/mol. The average Bonchev–Trinajstić information content (AvgIpc) is 3.27. The first-order chi connectivity index (χ1) is 11.2. The third kappa shape index (κ3) is 2.38. The summed E-state index contributed by atoms with van der Waals surface area (Å²) in [6, 6.07) is 8.91. The summed E-state index contributed by atoms with van der Waals surface area (Å²) in [5, 5.41) is 3.93. The lowest BCUT2D eigenvalue weighted by molar-refractivity contribution is 0.411. The van der Waals surface area contributed by atoms with E-state index in [0.717, 1.165) is 0 Å². The van der Waals surface area contributed by atoms with Crippen LogP contribution in [-0.4, -0.2) is 14.7 Å². The second-order valence-corrected chi connectivity index (χ2v) is 4.91. The Kier molecular flexibility index (Phi) is 2.97. The minimum Gasteiger partial charge on any atom is -0.465 e. The van der Waals surface area contributed by atoms with E-state index in [4.69, 9.17) is 13.4 Å². The molecule has 0 radical (unpaired) electrons. The maximum atomic E-state index is 11.5. The van der Waals surface area contributed by atoms with E-state index in [1.54, 1.807) is 43.7 Å². The third-order valence-electron chi connectivity index (χ3n) is 3.43. The Morgan fingerprint density at radius 2 is 2.13 bits per heavy atom. The van der Waals surface area contributed by atoms with Gasteiger partial charge in [0, 0.05) is 18.7 Å². The molecular weight excluding hydrogens is 298 g/mol. The Morgan fingerprint density at radius 1 is 1.22 bits per heavy atom. The van der Waals surface area contributed by atoms with Gasteiger partial charge in [0.1, 0.15) is 5.76 Å². The first-order valence-corrected chi connectivity index (χ1v) is 6.86. The number of oxazole rings is 1. The van der Waals surface area contributed by atoms with E-state index < -0.39 is 5.76 Å². The molecule has 0 saturated carbocycles. The maximum absolute atomic E-state index is 11.5. The number of nitrogens with zero attached hydrogens (tertiary/aromatic N) is 3. The van der Waals surface area contributed by atoms with Crippen molar-refractivity contribution >= 4 is 23.3 Å². The van der Waals surface area contributed by atoms with Crippen molar-refractivity contribution in [1.29, 1.82) is 0 Å². The van der Waals surface area contributed by atoms with Crippen molar-refractivity contribution in [2.24, 2.45) is 7.05 Å². The van der Waals surface area contributed by atoms with Crippen molar-refractivity contribution in [3.63, 3.8) is 0 Å². The number of fused-ring (bicyclic) bond motifs is 1. The number of furan rings is 1. The molecule has 0 spiro atoms. The fourth-order valence-corrected chi connectivity index (χ4v) is 2.23. The van der Waals surface area contributed by atoms with E-state index in [-0.39, 0.29) is 0 Å². The molecule has 0 N–H and O–H groups in total. The van der Waals surface area contributed by atoms with Gasteiger partial charge in [-0.15, -0.1) is 0 Å². The molecule has 3 aromatic heterocycles. The van der Waals surface area contributed by atoms with Crippen LogP contribution in [0.25, 0.3) is 34.6 Å². The first kappa shape index (κ1) is 13.3. The van der Waals surface area contributed by atoms with Crippen LogP contribution < -0.4 is 5.76 Å². The fraction of sp³-hybridized carbons (Fsp3) is 0.0625. The highest BCUT2D eigenvalue weighted by Gasteiger charge is 2.11. The summed E-state index contributed by atoms with van der Waals surface area (Å²) < 4.78 is 17.0. The van der Waals surface area contributed by atoms with Gasteiger partial charge in [0.25, 0.3) is 5.89 Å². The van der Waals surface area contributed by atoms with Crippen molar-refractivity contribution in [2.45, 2.75) is 0 Å². The second-order valence-electron chi connectivity index (χ2n) is 4.91. The summed E-state index contributed by atoms with van der Waals surface area (Å²) in [6.07, 6.45) is 4.98. The van der Waals surface area contributed by atoms with Gasteiger partial charge in [-0.25, -0.2) is 4.79 Å². The summed E-state index contributed by atoms with van der Waals surface area (Å²) in [5.74, 6) is 1.05. The van der Waals surface area contributed by atoms with Crippen LogP contribution in [0.3, 0.4) is 0 Å². The van der Waals surface area contributed by atoms with Crippen LogP contribution >= 0.6 is 0 Å². The zero-order valence-electron chi connectivity index (χ0n) is 12.1. The molecule has 4 rings (SSSR count). The minimum atomic E-state index is -0.410. The fourth-order valence-electron chi connectivity index (χ4n) is 2.23. The number of aromatic nitrogens is 3. The maximum Gasteiger partial charge on any atom is 0.419 e. The van der Waals surface area contributed by atoms with Crippen molar-refractivity contribution < 1.29 is 13.4 Å². The summed E-state index contributed by atoms with van der Waals surface area (Å²) in [4.78, 5) is 15.8. The Labute approximate surface area is 129 Å². The lowest BCUT2D eigenvalue weighted by Gasteiger charge is -1.94. The van der Waals surface area contributed by atoms with Crippen molar-refractivity contribution in [3.8, 4) is 11.4 Å². The van der Waals surface area contributed by atoms with Gasteiger partial charge in [-0.1, -0.05) is 5.16 Å². The van der Waals surface area contributed by atoms with Crippen LogP contribution in [-0.2, 0) is 7.05 Å². The largest absolute Gasteiger partial charge is 0.465 e. The van der Waals surface area contributed by atoms with E-state index in [1.807, 2.05) is 12.1 Å². The van der Waals surface area contributed by atoms with E-state index in [0.29, 0.717) is 34.1 Å². The number of hydrogen-bond donors (Lipinski definition) is 0. The zero-order chi connectivity index (χ0) is 15.8. The lowest BCUT2D eigenvalue weighted by Crippen LogP contribution is -2.08. The smallest absolute Gasteiger partial charge is 0.419 e. The van der Waals surface area contributed by atoms with Crippen molar-refractivity contribution in [2.75, 3.05) is 0 Å². The molecule has 0 fully saturated rings. The van der Waals surface area contributed by atoms with E-state index >= 15 is 0 Å². The average molecular weight is 309 g/mol. The van der Waals surface area contributed by atoms with Crippen molar-refractivity contribution in [3.05, 3.63) is 58.8 Å². The SMILES string of the molecule is Cn1c(=O)oc2cc(-c3noc(/C=C/c4ccco4)n3)ccc21. The molecule has 114 valence electrons. The Morgan fingerprint density at radius 3 is 2.96 bits per heavy atom. The van der Waals surface area contributed by atoms with Crippen LogP contribution in [0.1, 0.15) is 11.7 Å². The number of rotatable bonds is 3. The molecule has 7 heteroatoms. The second kappa shape index (κ2) is 5.13. The molecule has 0 unspecified atom stereocenters. The van der Waals surface area contributed by atoms with Gasteiger partial charge in [0.15, 0.2) is 5.58 Å². The number of benzene rings is 1. The predicted molar refractivity (Wildman–Crippen MR) is 82.4 cm³/mol. The zero-order valence-corrected chi connectivity index (χ0v) is 12.1. The molecule has 0 amide bonds. The van der Waals surface area contributed by atoms with Gasteiger partial charge in [0.05, 0.1) is 11.8 Å². The summed E-state index contributed by atoms with van der Waals surface area (Å²) in [5.41, 5.74) is 1.89. The molecular formula is C16H11N3O4. The highest BCUT2D eigenvalue weighted by atomic mass is 16.5. The Hall–Kier alpha value is -3.35. The topological polar surface area (TPSA) is 87.2 Å². The highest BCUT2D eigenvalue weighted by molar-refractivity contribution is 5.78.